The molecule has 3 nitrogen and oxygen atoms in total. The molecule has 0 aliphatic heterocycles. The van der Waals surface area contributed by atoms with Crippen molar-refractivity contribution in [2.24, 2.45) is 17.6 Å². The van der Waals surface area contributed by atoms with E-state index in [1.165, 1.54) is 0 Å². The third-order valence-corrected chi connectivity index (χ3v) is 3.06. The van der Waals surface area contributed by atoms with Gasteiger partial charge >= 0.3 is 0 Å². The highest BCUT2D eigenvalue weighted by Crippen LogP contribution is 2.09. The number of nitrogens with two attached hydrogens (primary N) is 1. The Balaban J connectivity index is 2.26. The van der Waals surface area contributed by atoms with Crippen LogP contribution >= 0.6 is 0 Å². The smallest absolute Gasteiger partial charge is 0.105 e. The molecular formula is C13H24N2O. The second-order valence-electron chi connectivity index (χ2n) is 4.83. The quantitative estimate of drug-likeness (QED) is 0.745. The monoisotopic (exact) mass is 224 g/mol. The van der Waals surface area contributed by atoms with Crippen molar-refractivity contribution < 1.29 is 4.42 Å². The summed E-state index contributed by atoms with van der Waals surface area (Å²) in [7, 11) is 0. The van der Waals surface area contributed by atoms with Crippen LogP contribution in [0.4, 0.5) is 0 Å². The van der Waals surface area contributed by atoms with Crippen molar-refractivity contribution in [3.05, 3.63) is 24.2 Å². The first kappa shape index (κ1) is 13.3. The fourth-order valence-corrected chi connectivity index (χ4v) is 1.75. The maximum Gasteiger partial charge on any atom is 0.105 e. The Labute approximate surface area is 98.4 Å². The third-order valence-electron chi connectivity index (χ3n) is 3.06. The van der Waals surface area contributed by atoms with E-state index < -0.39 is 0 Å². The van der Waals surface area contributed by atoms with Gasteiger partial charge in [0, 0.05) is 12.5 Å². The van der Waals surface area contributed by atoms with Crippen LogP contribution in [0.3, 0.4) is 0 Å². The van der Waals surface area contributed by atoms with Gasteiger partial charge in [-0.2, -0.15) is 0 Å². The van der Waals surface area contributed by atoms with Crippen LogP contribution < -0.4 is 11.1 Å². The second-order valence-corrected chi connectivity index (χ2v) is 4.83. The predicted octanol–water partition coefficient (Wildman–Crippen LogP) is 2.03. The number of nitrogens with one attached hydrogen (secondary N) is 1. The molecule has 3 N–H and O–H groups in total. The molecule has 0 bridgehead atoms. The van der Waals surface area contributed by atoms with Crippen LogP contribution in [0, 0.1) is 11.8 Å². The molecule has 0 radical (unpaired) electrons. The van der Waals surface area contributed by atoms with Crippen molar-refractivity contribution in [3.63, 3.8) is 0 Å². The standard InChI is InChI=1S/C13H24N2O/c1-10(2)12(8-14)9-15-11(3)7-13-5-4-6-16-13/h4-6,10-12,15H,7-9,14H2,1-3H3. The van der Waals surface area contributed by atoms with Crippen molar-refractivity contribution in [1.29, 1.82) is 0 Å². The van der Waals surface area contributed by atoms with E-state index in [0.717, 1.165) is 25.3 Å². The van der Waals surface area contributed by atoms with E-state index in [2.05, 4.69) is 26.1 Å². The Morgan fingerprint density at radius 1 is 1.38 bits per heavy atom. The van der Waals surface area contributed by atoms with Gasteiger partial charge < -0.3 is 15.5 Å². The summed E-state index contributed by atoms with van der Waals surface area (Å²) in [5.74, 6) is 2.22. The van der Waals surface area contributed by atoms with Crippen LogP contribution in [-0.4, -0.2) is 19.1 Å². The summed E-state index contributed by atoms with van der Waals surface area (Å²) in [6.45, 7) is 8.34. The minimum Gasteiger partial charge on any atom is -0.469 e. The Morgan fingerprint density at radius 3 is 2.62 bits per heavy atom. The average molecular weight is 224 g/mol. The largest absolute Gasteiger partial charge is 0.469 e. The van der Waals surface area contributed by atoms with Gasteiger partial charge in [-0.05, 0) is 44.0 Å². The molecule has 1 rings (SSSR count). The topological polar surface area (TPSA) is 51.2 Å². The lowest BCUT2D eigenvalue weighted by Crippen LogP contribution is -2.37. The zero-order valence-corrected chi connectivity index (χ0v) is 10.6. The van der Waals surface area contributed by atoms with Gasteiger partial charge in [-0.15, -0.1) is 0 Å². The van der Waals surface area contributed by atoms with E-state index in [4.69, 9.17) is 10.2 Å². The number of hydrogen-bond donors (Lipinski definition) is 2. The molecule has 0 spiro atoms. The number of hydrogen-bond acceptors (Lipinski definition) is 3. The fourth-order valence-electron chi connectivity index (χ4n) is 1.75. The van der Waals surface area contributed by atoms with E-state index in [0.29, 0.717) is 17.9 Å². The molecule has 1 heterocycles. The zero-order valence-electron chi connectivity index (χ0n) is 10.6. The van der Waals surface area contributed by atoms with Crippen molar-refractivity contribution >= 4 is 0 Å². The van der Waals surface area contributed by atoms with E-state index in [-0.39, 0.29) is 0 Å². The van der Waals surface area contributed by atoms with Gasteiger partial charge in [0.05, 0.1) is 6.26 Å². The maximum absolute atomic E-state index is 5.74. The second kappa shape index (κ2) is 6.71. The molecule has 0 aromatic carbocycles. The fraction of sp³-hybridized carbons (Fsp3) is 0.692. The summed E-state index contributed by atoms with van der Waals surface area (Å²) >= 11 is 0. The normalized spacial score (nSPS) is 15.3. The molecule has 0 aliphatic rings. The Morgan fingerprint density at radius 2 is 2.12 bits per heavy atom. The Hall–Kier alpha value is -0.800. The van der Waals surface area contributed by atoms with Gasteiger partial charge in [0.2, 0.25) is 0 Å². The predicted molar refractivity (Wildman–Crippen MR) is 67.3 cm³/mol. The van der Waals surface area contributed by atoms with Crippen LogP contribution in [-0.2, 0) is 6.42 Å². The third kappa shape index (κ3) is 4.37. The molecule has 0 aliphatic carbocycles. The SMILES string of the molecule is CC(Cc1ccco1)NCC(CN)C(C)C. The summed E-state index contributed by atoms with van der Waals surface area (Å²) < 4.78 is 5.32. The van der Waals surface area contributed by atoms with Gasteiger partial charge in [0.25, 0.3) is 0 Å². The van der Waals surface area contributed by atoms with Crippen LogP contribution in [0.15, 0.2) is 22.8 Å². The van der Waals surface area contributed by atoms with Gasteiger partial charge in [-0.25, -0.2) is 0 Å². The molecule has 16 heavy (non-hydrogen) atoms. The Kier molecular flexibility index (Phi) is 5.56. The summed E-state index contributed by atoms with van der Waals surface area (Å²) in [5.41, 5.74) is 5.74. The van der Waals surface area contributed by atoms with E-state index in [1.54, 1.807) is 6.26 Å². The van der Waals surface area contributed by atoms with Crippen molar-refractivity contribution in [1.82, 2.24) is 5.32 Å². The number of furan rings is 1. The van der Waals surface area contributed by atoms with Crippen LogP contribution in [0.1, 0.15) is 26.5 Å². The van der Waals surface area contributed by atoms with Gasteiger partial charge in [0.1, 0.15) is 5.76 Å². The van der Waals surface area contributed by atoms with E-state index in [1.807, 2.05) is 12.1 Å². The highest BCUT2D eigenvalue weighted by molar-refractivity contribution is 4.99. The van der Waals surface area contributed by atoms with Crippen LogP contribution in [0.5, 0.6) is 0 Å². The van der Waals surface area contributed by atoms with Crippen LogP contribution in [0.25, 0.3) is 0 Å². The molecule has 0 amide bonds. The first-order chi connectivity index (χ1) is 7.63. The molecule has 0 fully saturated rings. The first-order valence-corrected chi connectivity index (χ1v) is 6.09. The Bertz CT molecular complexity index is 269. The highest BCUT2D eigenvalue weighted by atomic mass is 16.3. The molecule has 0 saturated carbocycles. The van der Waals surface area contributed by atoms with Crippen molar-refractivity contribution in [2.75, 3.05) is 13.1 Å². The number of rotatable bonds is 7. The molecular weight excluding hydrogens is 200 g/mol. The van der Waals surface area contributed by atoms with Gasteiger partial charge in [-0.3, -0.25) is 0 Å². The lowest BCUT2D eigenvalue weighted by Gasteiger charge is -2.22. The summed E-state index contributed by atoms with van der Waals surface area (Å²) in [6.07, 6.45) is 2.65. The molecule has 1 aromatic heterocycles. The van der Waals surface area contributed by atoms with Gasteiger partial charge in [-0.1, -0.05) is 13.8 Å². The minimum atomic E-state index is 0.430. The zero-order chi connectivity index (χ0) is 12.0. The highest BCUT2D eigenvalue weighted by Gasteiger charge is 2.13. The molecule has 3 heteroatoms. The summed E-state index contributed by atoms with van der Waals surface area (Å²) in [6, 6.07) is 4.37. The molecule has 2 unspecified atom stereocenters. The lowest BCUT2D eigenvalue weighted by molar-refractivity contribution is 0.348. The van der Waals surface area contributed by atoms with Crippen molar-refractivity contribution in [2.45, 2.75) is 33.2 Å². The summed E-state index contributed by atoms with van der Waals surface area (Å²) in [4.78, 5) is 0. The molecule has 1 aromatic rings. The maximum atomic E-state index is 5.74. The van der Waals surface area contributed by atoms with Gasteiger partial charge in [0.15, 0.2) is 0 Å². The average Bonchev–Trinajstić information content (AvgIpc) is 2.70. The molecule has 0 saturated heterocycles. The molecule has 2 atom stereocenters. The van der Waals surface area contributed by atoms with Crippen LogP contribution in [0.2, 0.25) is 0 Å². The lowest BCUT2D eigenvalue weighted by atomic mass is 9.95. The minimum absolute atomic E-state index is 0.430. The summed E-state index contributed by atoms with van der Waals surface area (Å²) in [5, 5.41) is 3.51. The van der Waals surface area contributed by atoms with E-state index in [9.17, 15) is 0 Å². The first-order valence-electron chi connectivity index (χ1n) is 6.09. The van der Waals surface area contributed by atoms with Crippen molar-refractivity contribution in [3.8, 4) is 0 Å². The van der Waals surface area contributed by atoms with E-state index >= 15 is 0 Å². The molecule has 92 valence electrons.